The van der Waals surface area contributed by atoms with Gasteiger partial charge in [-0.25, -0.2) is 4.98 Å². The van der Waals surface area contributed by atoms with Gasteiger partial charge >= 0.3 is 0 Å². The molecule has 2 atom stereocenters. The highest BCUT2D eigenvalue weighted by Gasteiger charge is 2.29. The fourth-order valence-electron chi connectivity index (χ4n) is 4.13. The number of anilines is 1. The fraction of sp³-hybridized carbons (Fsp3) is 0.231. The highest BCUT2D eigenvalue weighted by molar-refractivity contribution is 9.10. The summed E-state index contributed by atoms with van der Waals surface area (Å²) >= 11 is 3.50. The van der Waals surface area contributed by atoms with E-state index in [2.05, 4.69) is 91.2 Å². The summed E-state index contributed by atoms with van der Waals surface area (Å²) in [5.41, 5.74) is 5.47. The van der Waals surface area contributed by atoms with Crippen LogP contribution in [-0.4, -0.2) is 34.0 Å². The standard InChI is InChI=1S/C26H26BrN5O/c1-32-17-21(15-31-32)20-13-23-26(30-14-20)33-24(16-29-23)25(19-5-3-2-4-6-19)28-12-11-18-7-9-22(27)10-8-18/h2-10,13-15,17,24-25,28-29H,11-12,16H2,1H3/t24-,25+/m0/s1. The zero-order valence-electron chi connectivity index (χ0n) is 18.4. The number of hydrogen-bond acceptors (Lipinski definition) is 5. The second kappa shape index (κ2) is 9.77. The van der Waals surface area contributed by atoms with E-state index in [4.69, 9.17) is 4.74 Å². The minimum Gasteiger partial charge on any atom is -0.469 e. The van der Waals surface area contributed by atoms with Crippen LogP contribution in [0.2, 0.25) is 0 Å². The molecule has 4 aromatic rings. The van der Waals surface area contributed by atoms with Gasteiger partial charge in [-0.05, 0) is 42.3 Å². The van der Waals surface area contributed by atoms with Gasteiger partial charge in [-0.1, -0.05) is 58.4 Å². The number of aryl methyl sites for hydroxylation is 1. The van der Waals surface area contributed by atoms with Gasteiger partial charge in [0.2, 0.25) is 5.88 Å². The molecule has 2 aromatic heterocycles. The van der Waals surface area contributed by atoms with E-state index in [0.29, 0.717) is 12.4 Å². The van der Waals surface area contributed by atoms with E-state index >= 15 is 0 Å². The fourth-order valence-corrected chi connectivity index (χ4v) is 4.39. The van der Waals surface area contributed by atoms with Gasteiger partial charge in [-0.3, -0.25) is 4.68 Å². The Hall–Kier alpha value is -3.16. The number of nitrogens with one attached hydrogen (secondary N) is 2. The first kappa shape index (κ1) is 21.7. The second-order valence-electron chi connectivity index (χ2n) is 8.24. The molecule has 2 aromatic carbocycles. The van der Waals surface area contributed by atoms with Crippen molar-refractivity contribution in [2.75, 3.05) is 18.4 Å². The maximum atomic E-state index is 6.40. The molecule has 33 heavy (non-hydrogen) atoms. The molecule has 168 valence electrons. The van der Waals surface area contributed by atoms with Crippen molar-refractivity contribution in [1.29, 1.82) is 0 Å². The Morgan fingerprint density at radius 3 is 2.70 bits per heavy atom. The van der Waals surface area contributed by atoms with Crippen LogP contribution in [0.1, 0.15) is 17.2 Å². The molecule has 0 fully saturated rings. The molecule has 0 saturated carbocycles. The van der Waals surface area contributed by atoms with Crippen molar-refractivity contribution in [1.82, 2.24) is 20.1 Å². The van der Waals surface area contributed by atoms with Gasteiger partial charge in [0.05, 0.1) is 24.5 Å². The molecule has 0 amide bonds. The lowest BCUT2D eigenvalue weighted by molar-refractivity contribution is 0.150. The van der Waals surface area contributed by atoms with E-state index in [-0.39, 0.29) is 12.1 Å². The van der Waals surface area contributed by atoms with Gasteiger partial charge in [0.15, 0.2) is 0 Å². The molecule has 5 rings (SSSR count). The predicted molar refractivity (Wildman–Crippen MR) is 134 cm³/mol. The largest absolute Gasteiger partial charge is 0.469 e. The smallest absolute Gasteiger partial charge is 0.237 e. The summed E-state index contributed by atoms with van der Waals surface area (Å²) < 4.78 is 9.29. The summed E-state index contributed by atoms with van der Waals surface area (Å²) in [7, 11) is 1.91. The lowest BCUT2D eigenvalue weighted by Gasteiger charge is -2.33. The molecule has 7 heteroatoms. The Balaban J connectivity index is 1.31. The van der Waals surface area contributed by atoms with Crippen LogP contribution in [0.5, 0.6) is 5.88 Å². The molecular formula is C26H26BrN5O. The predicted octanol–water partition coefficient (Wildman–Crippen LogP) is 4.99. The van der Waals surface area contributed by atoms with Gasteiger partial charge in [-0.2, -0.15) is 5.10 Å². The topological polar surface area (TPSA) is 64.0 Å². The highest BCUT2D eigenvalue weighted by Crippen LogP contribution is 2.34. The summed E-state index contributed by atoms with van der Waals surface area (Å²) in [6.07, 6.45) is 6.54. The average molecular weight is 504 g/mol. The van der Waals surface area contributed by atoms with Crippen molar-refractivity contribution in [3.05, 3.63) is 94.9 Å². The molecule has 1 aliphatic rings. The Morgan fingerprint density at radius 1 is 1.12 bits per heavy atom. The van der Waals surface area contributed by atoms with Gasteiger partial charge in [0, 0.05) is 35.0 Å². The quantitative estimate of drug-likeness (QED) is 0.371. The number of benzene rings is 2. The van der Waals surface area contributed by atoms with Crippen LogP contribution in [0.25, 0.3) is 11.1 Å². The Morgan fingerprint density at radius 2 is 1.94 bits per heavy atom. The molecule has 6 nitrogen and oxygen atoms in total. The van der Waals surface area contributed by atoms with Crippen molar-refractivity contribution in [3.8, 4) is 17.0 Å². The maximum Gasteiger partial charge on any atom is 0.237 e. The van der Waals surface area contributed by atoms with E-state index in [1.54, 1.807) is 4.68 Å². The normalized spacial score (nSPS) is 15.9. The third-order valence-corrected chi connectivity index (χ3v) is 6.40. The summed E-state index contributed by atoms with van der Waals surface area (Å²) in [4.78, 5) is 4.61. The van der Waals surface area contributed by atoms with Gasteiger partial charge in [-0.15, -0.1) is 0 Å². The molecule has 2 N–H and O–H groups in total. The van der Waals surface area contributed by atoms with E-state index in [1.165, 1.54) is 11.1 Å². The summed E-state index contributed by atoms with van der Waals surface area (Å²) in [5.74, 6) is 0.634. The van der Waals surface area contributed by atoms with Crippen LogP contribution >= 0.6 is 15.9 Å². The zero-order valence-corrected chi connectivity index (χ0v) is 20.0. The third kappa shape index (κ3) is 5.10. The van der Waals surface area contributed by atoms with Crippen LogP contribution in [-0.2, 0) is 13.5 Å². The summed E-state index contributed by atoms with van der Waals surface area (Å²) in [5, 5.41) is 11.5. The first-order valence-corrected chi connectivity index (χ1v) is 11.9. The van der Waals surface area contributed by atoms with Gasteiger partial charge < -0.3 is 15.4 Å². The molecule has 1 aliphatic heterocycles. The molecule has 3 heterocycles. The number of ether oxygens (including phenoxy) is 1. The van der Waals surface area contributed by atoms with E-state index in [9.17, 15) is 0 Å². The van der Waals surface area contributed by atoms with Gasteiger partial charge in [0.1, 0.15) is 6.10 Å². The third-order valence-electron chi connectivity index (χ3n) is 5.87. The first-order chi connectivity index (χ1) is 16.2. The van der Waals surface area contributed by atoms with Crippen molar-refractivity contribution >= 4 is 21.6 Å². The SMILES string of the molecule is Cn1cc(-c2cnc3c(c2)NC[C@@H]([C@H](NCCc2ccc(Br)cc2)c2ccccc2)O3)cn1. The number of fused-ring (bicyclic) bond motifs is 1. The lowest BCUT2D eigenvalue weighted by Crippen LogP contribution is -2.43. The summed E-state index contributed by atoms with van der Waals surface area (Å²) in [6.45, 7) is 1.54. The number of rotatable bonds is 7. The highest BCUT2D eigenvalue weighted by atomic mass is 79.9. The van der Waals surface area contributed by atoms with Crippen LogP contribution in [0.4, 0.5) is 5.69 Å². The molecule has 0 aliphatic carbocycles. The molecular weight excluding hydrogens is 478 g/mol. The van der Waals surface area contributed by atoms with Crippen molar-refractivity contribution < 1.29 is 4.74 Å². The maximum absolute atomic E-state index is 6.40. The Bertz CT molecular complexity index is 1210. The van der Waals surface area contributed by atoms with Crippen LogP contribution in [0.3, 0.4) is 0 Å². The van der Waals surface area contributed by atoms with Crippen LogP contribution in [0.15, 0.2) is 83.7 Å². The zero-order chi connectivity index (χ0) is 22.6. The van der Waals surface area contributed by atoms with Crippen molar-refractivity contribution in [2.24, 2.45) is 7.05 Å². The number of hydrogen-bond donors (Lipinski definition) is 2. The molecule has 0 saturated heterocycles. The average Bonchev–Trinajstić information content (AvgIpc) is 3.29. The van der Waals surface area contributed by atoms with Crippen LogP contribution < -0.4 is 15.4 Å². The minimum absolute atomic E-state index is 0.0436. The van der Waals surface area contributed by atoms with Crippen molar-refractivity contribution in [3.63, 3.8) is 0 Å². The Kier molecular flexibility index (Phi) is 6.41. The monoisotopic (exact) mass is 503 g/mol. The minimum atomic E-state index is -0.0819. The van der Waals surface area contributed by atoms with E-state index in [0.717, 1.165) is 34.3 Å². The van der Waals surface area contributed by atoms with Crippen molar-refractivity contribution in [2.45, 2.75) is 18.6 Å². The lowest BCUT2D eigenvalue weighted by atomic mass is 9.99. The van der Waals surface area contributed by atoms with E-state index < -0.39 is 0 Å². The molecule has 0 bridgehead atoms. The van der Waals surface area contributed by atoms with Gasteiger partial charge in [0.25, 0.3) is 0 Å². The number of halogens is 1. The van der Waals surface area contributed by atoms with Crippen LogP contribution in [0, 0.1) is 0 Å². The molecule has 0 unspecified atom stereocenters. The Labute approximate surface area is 202 Å². The number of pyridine rings is 1. The second-order valence-corrected chi connectivity index (χ2v) is 9.15. The number of aromatic nitrogens is 3. The first-order valence-electron chi connectivity index (χ1n) is 11.1. The molecule has 0 radical (unpaired) electrons. The summed E-state index contributed by atoms with van der Waals surface area (Å²) in [6, 6.07) is 21.1. The number of nitrogens with zero attached hydrogens (tertiary/aromatic N) is 3. The van der Waals surface area contributed by atoms with E-state index in [1.807, 2.05) is 31.7 Å². The molecule has 0 spiro atoms.